The first-order chi connectivity index (χ1) is 59.6. The lowest BCUT2D eigenvalue weighted by Crippen LogP contribution is -2.23. The number of benzene rings is 3. The minimum absolute atomic E-state index is 0.0924. The van der Waals surface area contributed by atoms with E-state index in [9.17, 15) is 66.3 Å². The normalized spacial score (nSPS) is 21.7. The number of rotatable bonds is 10. The number of aryl methyl sites for hydroxylation is 4. The summed E-state index contributed by atoms with van der Waals surface area (Å²) >= 11 is 11.2. The Labute approximate surface area is 758 Å². The third-order valence-corrected chi connectivity index (χ3v) is 27.2. The van der Waals surface area contributed by atoms with Crippen LogP contribution >= 0.6 is 23.2 Å². The van der Waals surface area contributed by atoms with Gasteiger partial charge in [0.05, 0.1) is 45.6 Å². The van der Waals surface area contributed by atoms with Crippen molar-refractivity contribution in [1.82, 2.24) is 50.5 Å². The van der Waals surface area contributed by atoms with Gasteiger partial charge in [-0.1, -0.05) is 235 Å². The summed E-state index contributed by atoms with van der Waals surface area (Å²) in [5, 5.41) is 38.5. The molecule has 7 aliphatic carbocycles. The number of alkyl halides is 14. The molecular formula is C97H134Cl2F14N12O3. The Hall–Kier alpha value is -8.31. The van der Waals surface area contributed by atoms with Gasteiger partial charge in [0.15, 0.2) is 23.3 Å². The number of halogens is 16. The number of aromatic nitrogens is 10. The van der Waals surface area contributed by atoms with E-state index in [1.807, 2.05) is 50.2 Å². The smallest absolute Gasteiger partial charge is 0.349 e. The van der Waals surface area contributed by atoms with Gasteiger partial charge in [-0.15, -0.1) is 10.2 Å². The molecule has 15 rings (SSSR count). The molecule has 712 valence electrons. The van der Waals surface area contributed by atoms with Gasteiger partial charge in [0, 0.05) is 72.4 Å². The second kappa shape index (κ2) is 50.9. The molecule has 7 aliphatic rings. The molecule has 7 fully saturated rings. The van der Waals surface area contributed by atoms with Gasteiger partial charge >= 0.3 is 24.7 Å². The summed E-state index contributed by atoms with van der Waals surface area (Å²) < 4.78 is 180. The van der Waals surface area contributed by atoms with Crippen LogP contribution in [0.25, 0.3) is 0 Å². The molecule has 0 aliphatic heterocycles. The van der Waals surface area contributed by atoms with Gasteiger partial charge in [0.1, 0.15) is 16.0 Å². The van der Waals surface area contributed by atoms with E-state index in [0.717, 1.165) is 103 Å². The van der Waals surface area contributed by atoms with Crippen molar-refractivity contribution in [1.29, 1.82) is 10.5 Å². The van der Waals surface area contributed by atoms with Crippen LogP contribution in [0.15, 0.2) is 125 Å². The first-order valence-corrected chi connectivity index (χ1v) is 45.4. The maximum Gasteiger partial charge on any atom is 0.419 e. The summed E-state index contributed by atoms with van der Waals surface area (Å²) in [6.45, 7) is 38.6. The van der Waals surface area contributed by atoms with Gasteiger partial charge in [0.2, 0.25) is 12.3 Å². The second-order valence-electron chi connectivity index (χ2n) is 36.9. The van der Waals surface area contributed by atoms with Gasteiger partial charge in [-0.2, -0.15) is 78.4 Å². The van der Waals surface area contributed by atoms with Gasteiger partial charge in [0.25, 0.3) is 0 Å². The Kier molecular flexibility index (Phi) is 44.6. The largest absolute Gasteiger partial charge is 0.419 e. The fraction of sp³-hybridized carbons (Fsp3) is 0.639. The maximum atomic E-state index is 13.0. The fourth-order valence-corrected chi connectivity index (χ4v) is 14.8. The number of aromatic amines is 1. The van der Waals surface area contributed by atoms with Gasteiger partial charge in [-0.25, -0.2) is 8.78 Å². The van der Waals surface area contributed by atoms with Crippen molar-refractivity contribution in [3.8, 4) is 12.1 Å². The Morgan fingerprint density at radius 2 is 1.09 bits per heavy atom. The zero-order chi connectivity index (χ0) is 96.5. The van der Waals surface area contributed by atoms with Crippen molar-refractivity contribution in [3.05, 3.63) is 190 Å². The van der Waals surface area contributed by atoms with E-state index < -0.39 is 68.7 Å². The molecule has 2 atom stereocenters. The molecule has 128 heavy (non-hydrogen) atoms. The summed E-state index contributed by atoms with van der Waals surface area (Å²) in [5.74, 6) is 6.11. The number of carbonyl (C=O) groups is 1. The lowest BCUT2D eigenvalue weighted by Gasteiger charge is -2.24. The van der Waals surface area contributed by atoms with Crippen molar-refractivity contribution < 1.29 is 75.3 Å². The summed E-state index contributed by atoms with van der Waals surface area (Å²) in [6, 6.07) is 26.3. The van der Waals surface area contributed by atoms with Crippen molar-refractivity contribution in [2.24, 2.45) is 57.2 Å². The van der Waals surface area contributed by atoms with Gasteiger partial charge < -0.3 is 13.6 Å². The highest BCUT2D eigenvalue weighted by atomic mass is 35.5. The fourth-order valence-electron chi connectivity index (χ4n) is 14.2. The van der Waals surface area contributed by atoms with Crippen LogP contribution in [0.5, 0.6) is 0 Å². The van der Waals surface area contributed by atoms with Gasteiger partial charge in [-0.3, -0.25) is 9.78 Å². The minimum atomic E-state index is -4.60. The Balaban J connectivity index is 0.000000294. The number of nitrogens with one attached hydrogen (secondary N) is 1. The van der Waals surface area contributed by atoms with E-state index >= 15 is 0 Å². The summed E-state index contributed by atoms with van der Waals surface area (Å²) in [5.41, 5.74) is 0.134. The number of hydrogen-bond donors (Lipinski definition) is 1. The average Bonchev–Trinajstić information content (AvgIpc) is 1.55. The summed E-state index contributed by atoms with van der Waals surface area (Å²) in [7, 11) is 0. The van der Waals surface area contributed by atoms with Crippen LogP contribution in [0.3, 0.4) is 0 Å². The molecule has 1 N–H and O–H groups in total. The van der Waals surface area contributed by atoms with E-state index in [4.69, 9.17) is 42.8 Å². The molecule has 0 saturated heterocycles. The van der Waals surface area contributed by atoms with Crippen LogP contribution in [0.1, 0.15) is 344 Å². The lowest BCUT2D eigenvalue weighted by atomic mass is 9.79. The van der Waals surface area contributed by atoms with Crippen LogP contribution < -0.4 is 0 Å². The van der Waals surface area contributed by atoms with Crippen molar-refractivity contribution in [2.75, 3.05) is 0 Å². The first-order valence-electron chi connectivity index (χ1n) is 44.6. The number of hydrogen-bond acceptors (Lipinski definition) is 13. The maximum absolute atomic E-state index is 13.0. The lowest BCUT2D eigenvalue weighted by molar-refractivity contribution is -0.170. The van der Waals surface area contributed by atoms with E-state index in [1.165, 1.54) is 141 Å². The highest BCUT2D eigenvalue weighted by Crippen LogP contribution is 2.68. The predicted octanol–water partition coefficient (Wildman–Crippen LogP) is 30.5. The number of nitriles is 2. The van der Waals surface area contributed by atoms with E-state index in [1.54, 1.807) is 27.7 Å². The molecule has 0 radical (unpaired) electrons. The van der Waals surface area contributed by atoms with E-state index in [0.29, 0.717) is 70.4 Å². The van der Waals surface area contributed by atoms with E-state index in [-0.39, 0.29) is 35.3 Å². The number of tetrazole rings is 1. The number of H-pyrrole nitrogens is 1. The third kappa shape index (κ3) is 37.5. The Morgan fingerprint density at radius 1 is 0.594 bits per heavy atom. The average molecular weight is 1850 g/mol. The number of pyridine rings is 1. The van der Waals surface area contributed by atoms with Crippen LogP contribution in [0, 0.1) is 105 Å². The molecular weight excluding hydrogens is 1720 g/mol. The second-order valence-corrected chi connectivity index (χ2v) is 38.4. The van der Waals surface area contributed by atoms with E-state index in [2.05, 4.69) is 157 Å². The van der Waals surface area contributed by atoms with Crippen LogP contribution in [0.4, 0.5) is 61.5 Å². The monoisotopic (exact) mass is 1850 g/mol. The molecule has 0 bridgehead atoms. The summed E-state index contributed by atoms with van der Waals surface area (Å²) in [4.78, 5) is 24.0. The highest BCUT2D eigenvalue weighted by Gasteiger charge is 2.64. The molecule has 1 unspecified atom stereocenters. The number of carbonyl (C=O) groups excluding carboxylic acids is 1. The zero-order valence-electron chi connectivity index (χ0n) is 77.8. The quantitative estimate of drug-likeness (QED) is 0.0767. The molecule has 0 amide bonds. The standard InChI is InChI=1S/C14H18O.C10H16N2O.2C9H8F4.C9H14N2O.C9H15N.C8H16.C7H6F3N.C7H12N4.C5H5Cl2N.C5H9F3.C5H7N/c1-11-7-9-13(10-8-11)14(15)12-5-3-2-4-6-12;1-7-3-5-9(6-4-7)10-11-8(2)13-12-10;1-2-6-3-4-7(5-8(6)10)9(11,12)13;1-2-6-4-3-5-7(8(6)10)9(11,12)13;1-7-2-4-8(5-3-7)9-10-6-12-11-9;1-4-9(2,3)10-7-5-6-8-10;1-6-7(2,3)8(6,4)5;1-5-2-3-6(4-11-5)7(8,9)10;1-2-4-6(5-3-1)7-8-10-11-9-7;1-4(3-8)2-5(4,6)7;1-3-4(2)5(6,7)8;1-5(4-6)2-3-5/h2-6,11,13H,7-10H2,1H3;7,9H,3-6H2,1-2H3;2*3-5H,2H2,1H3;6-8H,2-5H2,1H3;5-8H,4H2,1-3H3;6H,1-5H3;2-4H,1H3;6H,1-5H2,(H,8,9,10,11);2H2,1H3;4H,3H2,1-2H3;2-3H2,1H3/t;;;;;;;;;4-;;/m.........0../s1. The Morgan fingerprint density at radius 3 is 1.45 bits per heavy atom. The molecule has 31 heteroatoms. The predicted molar refractivity (Wildman–Crippen MR) is 474 cm³/mol. The molecule has 15 nitrogen and oxygen atoms in total. The SMILES string of the molecule is C1CCC(c2nn[nH]n2)CC1.CC1(C#N)CC1.CC1C(C)(C)C1(C)C.CC1CCC(C(=O)c2ccccc2)CC1.CC1CCC(c2ncon2)CC1.CCC(C)(C)n1cccc1.CCC(C)C(F)(F)F.CCc1ccc(C(F)(F)F)cc1F.CCc1cccc(C(F)(F)F)c1F.C[C@@]1(C#N)CC1(Cl)Cl.Cc1ccc(C(F)(F)F)cn1.Cc1nc(C2CCC(C)CC2)no1. The Bertz CT molecular complexity index is 4510. The van der Waals surface area contributed by atoms with Crippen LogP contribution in [-0.2, 0) is 36.9 Å². The zero-order valence-corrected chi connectivity index (χ0v) is 79.3. The first kappa shape index (κ1) is 112. The van der Waals surface area contributed by atoms with Crippen molar-refractivity contribution in [2.45, 2.75) is 338 Å². The molecule has 3 aromatic carbocycles. The number of nitrogens with zero attached hydrogens (tertiary/aromatic N) is 11. The summed E-state index contributed by atoms with van der Waals surface area (Å²) in [6.07, 6.45) is 15.1. The highest BCUT2D eigenvalue weighted by molar-refractivity contribution is 6.51. The molecule has 8 aromatic rings. The van der Waals surface area contributed by atoms with Crippen LogP contribution in [-0.4, -0.2) is 66.7 Å². The van der Waals surface area contributed by atoms with Crippen molar-refractivity contribution >= 4 is 29.0 Å². The molecule has 7 saturated carbocycles. The molecule has 0 spiro atoms. The third-order valence-electron chi connectivity index (χ3n) is 26.1. The van der Waals surface area contributed by atoms with Crippen molar-refractivity contribution in [3.63, 3.8) is 0 Å². The van der Waals surface area contributed by atoms with Crippen LogP contribution in [0.2, 0.25) is 0 Å². The molecule has 5 heterocycles. The minimum Gasteiger partial charge on any atom is -0.349 e. The topological polar surface area (TPSA) is 215 Å². The van der Waals surface area contributed by atoms with Gasteiger partial charge in [-0.05, 0) is 213 Å². The molecule has 5 aromatic heterocycles. The number of ketones is 1. The number of Topliss-reactive ketones (excluding diaryl/α,β-unsaturated/α-hetero) is 1.